The van der Waals surface area contributed by atoms with Gasteiger partial charge in [0.25, 0.3) is 5.78 Å². The molecular formula is C29H22ClN5O3S2. The zero-order valence-electron chi connectivity index (χ0n) is 21.4. The number of carbonyl (C=O) groups is 2. The van der Waals surface area contributed by atoms with E-state index < -0.39 is 17.7 Å². The Morgan fingerprint density at radius 3 is 2.60 bits per heavy atom. The highest BCUT2D eigenvalue weighted by atomic mass is 35.5. The van der Waals surface area contributed by atoms with Crippen LogP contribution >= 0.6 is 34.7 Å². The number of fused-ring (bicyclic) bond motifs is 1. The van der Waals surface area contributed by atoms with E-state index in [-0.39, 0.29) is 22.2 Å². The minimum Gasteiger partial charge on any atom is -0.505 e. The highest BCUT2D eigenvalue weighted by Crippen LogP contribution is 2.44. The number of rotatable bonds is 6. The van der Waals surface area contributed by atoms with Crippen molar-refractivity contribution >= 4 is 62.9 Å². The van der Waals surface area contributed by atoms with Gasteiger partial charge in [-0.25, -0.2) is 4.98 Å². The second-order valence-electron chi connectivity index (χ2n) is 9.28. The van der Waals surface area contributed by atoms with Crippen LogP contribution in [0, 0.1) is 13.8 Å². The van der Waals surface area contributed by atoms with E-state index in [1.165, 1.54) is 28.0 Å². The fourth-order valence-corrected chi connectivity index (χ4v) is 6.80. The van der Waals surface area contributed by atoms with Crippen LogP contribution in [-0.4, -0.2) is 36.4 Å². The van der Waals surface area contributed by atoms with E-state index in [4.69, 9.17) is 11.6 Å². The number of carbonyl (C=O) groups excluding carboxylic acids is 2. The van der Waals surface area contributed by atoms with Gasteiger partial charge in [-0.15, -0.1) is 10.2 Å². The van der Waals surface area contributed by atoms with Gasteiger partial charge in [0.2, 0.25) is 5.13 Å². The van der Waals surface area contributed by atoms with E-state index in [0.717, 1.165) is 11.1 Å². The van der Waals surface area contributed by atoms with Gasteiger partial charge in [-0.05, 0) is 48.7 Å². The van der Waals surface area contributed by atoms with Crippen molar-refractivity contribution in [2.75, 3.05) is 4.90 Å². The Morgan fingerprint density at radius 2 is 1.85 bits per heavy atom. The summed E-state index contributed by atoms with van der Waals surface area (Å²) in [7, 11) is 0. The SMILES string of the molecule is Cc1cccn2c(C)c(/C(O)=C3\C(=O)C(=O)N(c4nnc(SCc5ccccc5)s4)C3c3cccc(Cl)c3)nc12. The summed E-state index contributed by atoms with van der Waals surface area (Å²) in [5, 5.41) is 20.8. The number of hydrogen-bond acceptors (Lipinski definition) is 8. The molecule has 1 aliphatic heterocycles. The molecule has 1 unspecified atom stereocenters. The summed E-state index contributed by atoms with van der Waals surface area (Å²) in [5.74, 6) is -1.31. The average Bonchev–Trinajstić information content (AvgIpc) is 3.63. The number of anilines is 1. The topological polar surface area (TPSA) is 101 Å². The number of aliphatic hydroxyl groups is 1. The van der Waals surface area contributed by atoms with Crippen molar-refractivity contribution in [2.24, 2.45) is 0 Å². The largest absolute Gasteiger partial charge is 0.505 e. The Kier molecular flexibility index (Phi) is 6.91. The van der Waals surface area contributed by atoms with Crippen molar-refractivity contribution in [1.29, 1.82) is 0 Å². The second kappa shape index (κ2) is 10.5. The third-order valence-corrected chi connectivity index (χ3v) is 9.09. The molecule has 0 saturated carbocycles. The van der Waals surface area contributed by atoms with Crippen LogP contribution in [0.25, 0.3) is 11.4 Å². The molecule has 3 aromatic heterocycles. The van der Waals surface area contributed by atoms with Crippen LogP contribution in [0.4, 0.5) is 5.13 Å². The monoisotopic (exact) mass is 587 g/mol. The Morgan fingerprint density at radius 1 is 1.05 bits per heavy atom. The Hall–Kier alpha value is -3.99. The van der Waals surface area contributed by atoms with E-state index in [9.17, 15) is 14.7 Å². The van der Waals surface area contributed by atoms with Gasteiger partial charge in [0.15, 0.2) is 10.1 Å². The lowest BCUT2D eigenvalue weighted by atomic mass is 9.96. The smallest absolute Gasteiger partial charge is 0.301 e. The zero-order valence-corrected chi connectivity index (χ0v) is 23.8. The van der Waals surface area contributed by atoms with Crippen LogP contribution in [0.2, 0.25) is 5.02 Å². The molecule has 0 spiro atoms. The maximum atomic E-state index is 13.6. The standard InChI is InChI=1S/C29H22ClN5O3S2/c1-16-8-7-13-34-17(2)22(31-26(16)34)24(36)21-23(19-11-6-12-20(30)14-19)35(27(38)25(21)37)28-32-33-29(40-28)39-15-18-9-4-3-5-10-18/h3-14,23,36H,15H2,1-2H3/b24-21+. The first-order chi connectivity index (χ1) is 19.3. The van der Waals surface area contributed by atoms with Gasteiger partial charge in [0.05, 0.1) is 17.3 Å². The number of ketones is 1. The predicted molar refractivity (Wildman–Crippen MR) is 157 cm³/mol. The summed E-state index contributed by atoms with van der Waals surface area (Å²) >= 11 is 9.03. The minimum atomic E-state index is -0.969. The van der Waals surface area contributed by atoms with Gasteiger partial charge in [-0.3, -0.25) is 14.5 Å². The Bertz CT molecular complexity index is 1820. The Balaban J connectivity index is 1.45. The molecule has 1 amide bonds. The molecule has 1 fully saturated rings. The number of thioether (sulfide) groups is 1. The molecule has 0 radical (unpaired) electrons. The lowest BCUT2D eigenvalue weighted by Gasteiger charge is -2.22. The van der Waals surface area contributed by atoms with Crippen molar-refractivity contribution in [3.63, 3.8) is 0 Å². The number of pyridine rings is 1. The molecule has 1 saturated heterocycles. The molecule has 1 N–H and O–H groups in total. The molecule has 200 valence electrons. The van der Waals surface area contributed by atoms with Crippen LogP contribution in [0.3, 0.4) is 0 Å². The molecule has 1 aliphatic rings. The highest BCUT2D eigenvalue weighted by Gasteiger charge is 2.49. The molecule has 6 rings (SSSR count). The van der Waals surface area contributed by atoms with Gasteiger partial charge in [0, 0.05) is 17.0 Å². The Labute approximate surface area is 243 Å². The molecule has 11 heteroatoms. The number of aryl methyl sites for hydroxylation is 2. The molecule has 4 heterocycles. The molecular weight excluding hydrogens is 566 g/mol. The second-order valence-corrected chi connectivity index (χ2v) is 11.9. The van der Waals surface area contributed by atoms with Crippen molar-refractivity contribution in [1.82, 2.24) is 19.6 Å². The summed E-state index contributed by atoms with van der Waals surface area (Å²) in [5.41, 5.74) is 4.04. The lowest BCUT2D eigenvalue weighted by molar-refractivity contribution is -0.132. The number of aromatic nitrogens is 4. The summed E-state index contributed by atoms with van der Waals surface area (Å²) < 4.78 is 2.49. The molecule has 0 aliphatic carbocycles. The first-order valence-corrected chi connectivity index (χ1v) is 14.5. The van der Waals surface area contributed by atoms with Crippen LogP contribution in [0.5, 0.6) is 0 Å². The van der Waals surface area contributed by atoms with Gasteiger partial charge < -0.3 is 9.51 Å². The maximum absolute atomic E-state index is 13.6. The number of aliphatic hydroxyl groups excluding tert-OH is 1. The normalized spacial score (nSPS) is 16.8. The van der Waals surface area contributed by atoms with Gasteiger partial charge in [-0.2, -0.15) is 0 Å². The summed E-state index contributed by atoms with van der Waals surface area (Å²) in [4.78, 5) is 33.0. The van der Waals surface area contributed by atoms with Crippen molar-refractivity contribution in [3.8, 4) is 0 Å². The maximum Gasteiger partial charge on any atom is 0.301 e. The fraction of sp³-hybridized carbons (Fsp3) is 0.138. The summed E-state index contributed by atoms with van der Waals surface area (Å²) in [6.07, 6.45) is 1.84. The number of amides is 1. The van der Waals surface area contributed by atoms with Gasteiger partial charge >= 0.3 is 5.91 Å². The number of imidazole rings is 1. The van der Waals surface area contributed by atoms with Crippen molar-refractivity contribution in [3.05, 3.63) is 112 Å². The number of hydrogen-bond donors (Lipinski definition) is 1. The molecule has 5 aromatic rings. The number of Topliss-reactive ketones (excluding diaryl/α,β-unsaturated/α-hetero) is 1. The predicted octanol–water partition coefficient (Wildman–Crippen LogP) is 6.37. The molecule has 0 bridgehead atoms. The summed E-state index contributed by atoms with van der Waals surface area (Å²) in [6.45, 7) is 3.72. The first kappa shape index (κ1) is 26.2. The average molecular weight is 588 g/mol. The third-order valence-electron chi connectivity index (χ3n) is 6.72. The minimum absolute atomic E-state index is 0.0786. The van der Waals surface area contributed by atoms with Gasteiger partial charge in [0.1, 0.15) is 11.3 Å². The quantitative estimate of drug-likeness (QED) is 0.0809. The summed E-state index contributed by atoms with van der Waals surface area (Å²) in [6, 6.07) is 19.6. The van der Waals surface area contributed by atoms with E-state index in [2.05, 4.69) is 15.2 Å². The van der Waals surface area contributed by atoms with Gasteiger partial charge in [-0.1, -0.05) is 83.2 Å². The lowest BCUT2D eigenvalue weighted by Crippen LogP contribution is -2.29. The van der Waals surface area contributed by atoms with E-state index in [1.807, 2.05) is 60.0 Å². The van der Waals surface area contributed by atoms with Crippen LogP contribution < -0.4 is 4.90 Å². The van der Waals surface area contributed by atoms with Crippen molar-refractivity contribution < 1.29 is 14.7 Å². The van der Waals surface area contributed by atoms with E-state index in [1.54, 1.807) is 31.2 Å². The molecule has 8 nitrogen and oxygen atoms in total. The number of nitrogens with zero attached hydrogens (tertiary/aromatic N) is 5. The molecule has 2 aromatic carbocycles. The van der Waals surface area contributed by atoms with Crippen LogP contribution in [0.1, 0.15) is 34.1 Å². The molecule has 1 atom stereocenters. The van der Waals surface area contributed by atoms with Crippen LogP contribution in [0.15, 0.2) is 82.8 Å². The van der Waals surface area contributed by atoms with Crippen molar-refractivity contribution in [2.45, 2.75) is 30.0 Å². The van der Waals surface area contributed by atoms with E-state index in [0.29, 0.717) is 32.0 Å². The number of benzene rings is 2. The fourth-order valence-electron chi connectivity index (χ4n) is 4.77. The number of halogens is 1. The highest BCUT2D eigenvalue weighted by molar-refractivity contribution is 8.00. The first-order valence-electron chi connectivity index (χ1n) is 12.3. The zero-order chi connectivity index (χ0) is 28.0. The van der Waals surface area contributed by atoms with Crippen LogP contribution in [-0.2, 0) is 15.3 Å². The van der Waals surface area contributed by atoms with E-state index >= 15 is 0 Å². The molecule has 40 heavy (non-hydrogen) atoms. The third kappa shape index (κ3) is 4.57.